The first kappa shape index (κ1) is 19.8. The number of aryl methyl sites for hydroxylation is 1. The standard InChI is InChI=1S/C16H22N4O5S/c1-10-8-14(26(24,25)11-6-4-2-3-5-7-11)13(20(22)23)9-12(10)15(21)19-16(17)18/h8-9,11H,2-7H2,1H3,(H4,17,18,19,21). The molecule has 1 aromatic rings. The van der Waals surface area contributed by atoms with Gasteiger partial charge in [0.15, 0.2) is 15.8 Å². The summed E-state index contributed by atoms with van der Waals surface area (Å²) in [6.07, 6.45) is 4.42. The van der Waals surface area contributed by atoms with Gasteiger partial charge in [-0.15, -0.1) is 0 Å². The van der Waals surface area contributed by atoms with E-state index < -0.39 is 37.6 Å². The Hall–Kier alpha value is -2.49. The van der Waals surface area contributed by atoms with Crippen molar-refractivity contribution in [1.29, 1.82) is 0 Å². The Morgan fingerprint density at radius 3 is 2.27 bits per heavy atom. The average Bonchev–Trinajstić information content (AvgIpc) is 2.83. The van der Waals surface area contributed by atoms with Gasteiger partial charge in [0.25, 0.3) is 11.6 Å². The summed E-state index contributed by atoms with van der Waals surface area (Å²) in [5, 5.41) is 10.8. The van der Waals surface area contributed by atoms with E-state index in [-0.39, 0.29) is 16.0 Å². The molecule has 1 saturated carbocycles. The first-order chi connectivity index (χ1) is 12.1. The number of nitrogens with zero attached hydrogens (tertiary/aromatic N) is 2. The Kier molecular flexibility index (Phi) is 5.96. The molecular formula is C16H22N4O5S. The molecule has 0 heterocycles. The Balaban J connectivity index is 2.58. The normalized spacial score (nSPS) is 15.9. The number of benzene rings is 1. The number of aliphatic imine (C=N–C) groups is 1. The monoisotopic (exact) mass is 382 g/mol. The Morgan fingerprint density at radius 2 is 1.77 bits per heavy atom. The van der Waals surface area contributed by atoms with Crippen LogP contribution in [0.5, 0.6) is 0 Å². The summed E-state index contributed by atoms with van der Waals surface area (Å²) in [6.45, 7) is 1.49. The zero-order valence-corrected chi connectivity index (χ0v) is 15.3. The van der Waals surface area contributed by atoms with Crippen LogP contribution in [0.2, 0.25) is 0 Å². The molecule has 9 nitrogen and oxygen atoms in total. The van der Waals surface area contributed by atoms with Crippen LogP contribution in [-0.2, 0) is 9.84 Å². The van der Waals surface area contributed by atoms with Gasteiger partial charge in [0, 0.05) is 6.07 Å². The third-order valence-electron chi connectivity index (χ3n) is 4.51. The van der Waals surface area contributed by atoms with Crippen LogP contribution in [0.1, 0.15) is 54.4 Å². The first-order valence-corrected chi connectivity index (χ1v) is 9.86. The maximum absolute atomic E-state index is 13.0. The van der Waals surface area contributed by atoms with E-state index in [9.17, 15) is 23.3 Å². The fourth-order valence-electron chi connectivity index (χ4n) is 3.18. The van der Waals surface area contributed by atoms with Crippen molar-refractivity contribution in [2.45, 2.75) is 55.6 Å². The fourth-order valence-corrected chi connectivity index (χ4v) is 5.26. The number of nitrogens with two attached hydrogens (primary N) is 2. The maximum Gasteiger partial charge on any atom is 0.288 e. The number of hydrogen-bond donors (Lipinski definition) is 2. The van der Waals surface area contributed by atoms with Crippen LogP contribution in [-0.4, -0.2) is 30.5 Å². The van der Waals surface area contributed by atoms with Crippen molar-refractivity contribution in [1.82, 2.24) is 0 Å². The van der Waals surface area contributed by atoms with Crippen LogP contribution in [0.25, 0.3) is 0 Å². The van der Waals surface area contributed by atoms with Gasteiger partial charge in [0.05, 0.1) is 15.7 Å². The molecule has 1 fully saturated rings. The van der Waals surface area contributed by atoms with Crippen molar-refractivity contribution in [2.24, 2.45) is 16.5 Å². The molecule has 0 spiro atoms. The molecule has 0 saturated heterocycles. The summed E-state index contributed by atoms with van der Waals surface area (Å²) >= 11 is 0. The molecule has 10 heteroatoms. The molecule has 0 aliphatic heterocycles. The van der Waals surface area contributed by atoms with Gasteiger partial charge >= 0.3 is 0 Å². The molecule has 0 aromatic heterocycles. The number of guanidine groups is 1. The van der Waals surface area contributed by atoms with Crippen molar-refractivity contribution in [3.63, 3.8) is 0 Å². The van der Waals surface area contributed by atoms with Gasteiger partial charge in [-0.2, -0.15) is 4.99 Å². The van der Waals surface area contributed by atoms with E-state index in [2.05, 4.69) is 4.99 Å². The van der Waals surface area contributed by atoms with Gasteiger partial charge < -0.3 is 11.5 Å². The zero-order chi connectivity index (χ0) is 19.5. The SMILES string of the molecule is Cc1cc(S(=O)(=O)C2CCCCCC2)c([N+](=O)[O-])cc1C(=O)N=C(N)N. The number of nitro groups is 1. The lowest BCUT2D eigenvalue weighted by Crippen LogP contribution is -2.25. The van der Waals surface area contributed by atoms with E-state index in [4.69, 9.17) is 11.5 Å². The molecule has 142 valence electrons. The fraction of sp³-hybridized carbons (Fsp3) is 0.500. The van der Waals surface area contributed by atoms with Crippen LogP contribution >= 0.6 is 0 Å². The summed E-state index contributed by atoms with van der Waals surface area (Å²) in [6, 6.07) is 2.11. The lowest BCUT2D eigenvalue weighted by molar-refractivity contribution is -0.387. The second-order valence-corrected chi connectivity index (χ2v) is 8.59. The number of hydrogen-bond acceptors (Lipinski definition) is 5. The summed E-state index contributed by atoms with van der Waals surface area (Å²) in [4.78, 5) is 25.7. The zero-order valence-electron chi connectivity index (χ0n) is 14.5. The minimum atomic E-state index is -3.89. The molecule has 26 heavy (non-hydrogen) atoms. The number of carbonyl (C=O) groups excluding carboxylic acids is 1. The number of nitro benzene ring substituents is 1. The van der Waals surface area contributed by atoms with E-state index in [0.29, 0.717) is 12.8 Å². The molecular weight excluding hydrogens is 360 g/mol. The lowest BCUT2D eigenvalue weighted by Gasteiger charge is -2.16. The second kappa shape index (κ2) is 7.81. The molecule has 1 aliphatic rings. The lowest BCUT2D eigenvalue weighted by atomic mass is 10.1. The van der Waals surface area contributed by atoms with Gasteiger partial charge in [-0.1, -0.05) is 25.7 Å². The highest BCUT2D eigenvalue weighted by molar-refractivity contribution is 7.92. The molecule has 2 rings (SSSR count). The highest BCUT2D eigenvalue weighted by Crippen LogP contribution is 2.34. The smallest absolute Gasteiger partial charge is 0.288 e. The van der Waals surface area contributed by atoms with Crippen molar-refractivity contribution in [3.8, 4) is 0 Å². The van der Waals surface area contributed by atoms with E-state index in [0.717, 1.165) is 31.7 Å². The molecule has 0 bridgehead atoms. The van der Waals surface area contributed by atoms with Gasteiger partial charge in [-0.05, 0) is 31.4 Å². The topological polar surface area (TPSA) is 159 Å². The molecule has 4 N–H and O–H groups in total. The second-order valence-electron chi connectivity index (χ2n) is 6.39. The molecule has 0 atom stereocenters. The van der Waals surface area contributed by atoms with E-state index in [1.54, 1.807) is 0 Å². The summed E-state index contributed by atoms with van der Waals surface area (Å²) in [5.74, 6) is -1.34. The predicted molar refractivity (Wildman–Crippen MR) is 96.6 cm³/mol. The molecule has 1 aliphatic carbocycles. The molecule has 0 radical (unpaired) electrons. The Bertz CT molecular complexity index is 852. The highest BCUT2D eigenvalue weighted by atomic mass is 32.2. The van der Waals surface area contributed by atoms with Gasteiger partial charge in [-0.25, -0.2) is 8.42 Å². The highest BCUT2D eigenvalue weighted by Gasteiger charge is 2.35. The Labute approximate surface area is 151 Å². The third kappa shape index (κ3) is 4.18. The van der Waals surface area contributed by atoms with Crippen molar-refractivity contribution < 1.29 is 18.1 Å². The summed E-state index contributed by atoms with van der Waals surface area (Å²) in [5.41, 5.74) is 9.86. The number of amides is 1. The van der Waals surface area contributed by atoms with Gasteiger partial charge in [0.2, 0.25) is 0 Å². The van der Waals surface area contributed by atoms with Crippen LogP contribution < -0.4 is 11.5 Å². The van der Waals surface area contributed by atoms with E-state index >= 15 is 0 Å². The van der Waals surface area contributed by atoms with Crippen LogP contribution in [0.3, 0.4) is 0 Å². The minimum Gasteiger partial charge on any atom is -0.370 e. The van der Waals surface area contributed by atoms with Gasteiger partial charge in [0.1, 0.15) is 4.90 Å². The van der Waals surface area contributed by atoms with Crippen LogP contribution in [0, 0.1) is 17.0 Å². The Morgan fingerprint density at radius 1 is 1.19 bits per heavy atom. The number of rotatable bonds is 4. The maximum atomic E-state index is 13.0. The van der Waals surface area contributed by atoms with Crippen LogP contribution in [0.15, 0.2) is 22.0 Å². The third-order valence-corrected chi connectivity index (χ3v) is 6.80. The first-order valence-electron chi connectivity index (χ1n) is 8.31. The van der Waals surface area contributed by atoms with Gasteiger partial charge in [-0.3, -0.25) is 14.9 Å². The minimum absolute atomic E-state index is 0.107. The molecule has 0 unspecified atom stereocenters. The largest absolute Gasteiger partial charge is 0.370 e. The van der Waals surface area contributed by atoms with Crippen molar-refractivity contribution in [3.05, 3.63) is 33.4 Å². The predicted octanol–water partition coefficient (Wildman–Crippen LogP) is 1.81. The van der Waals surface area contributed by atoms with Crippen molar-refractivity contribution >= 4 is 27.4 Å². The molecule has 1 aromatic carbocycles. The number of sulfone groups is 1. The van der Waals surface area contributed by atoms with Crippen molar-refractivity contribution in [2.75, 3.05) is 0 Å². The summed E-state index contributed by atoms with van der Waals surface area (Å²) < 4.78 is 26.0. The average molecular weight is 382 g/mol. The summed E-state index contributed by atoms with van der Waals surface area (Å²) in [7, 11) is -3.89. The van der Waals surface area contributed by atoms with Crippen LogP contribution in [0.4, 0.5) is 5.69 Å². The van der Waals surface area contributed by atoms with E-state index in [1.807, 2.05) is 0 Å². The quantitative estimate of drug-likeness (QED) is 0.264. The molecule has 1 amide bonds. The number of carbonyl (C=O) groups is 1. The van der Waals surface area contributed by atoms with E-state index in [1.165, 1.54) is 13.0 Å².